The van der Waals surface area contributed by atoms with Crippen LogP contribution in [0.5, 0.6) is 0 Å². The van der Waals surface area contributed by atoms with Crippen LogP contribution in [0, 0.1) is 6.92 Å². The summed E-state index contributed by atoms with van der Waals surface area (Å²) in [5.74, 6) is 0. The fraction of sp³-hybridized carbons (Fsp3) is 0.286. The van der Waals surface area contributed by atoms with Crippen molar-refractivity contribution in [3.8, 4) is 0 Å². The fourth-order valence-corrected chi connectivity index (χ4v) is 2.54. The van der Waals surface area contributed by atoms with E-state index in [1.165, 1.54) is 9.75 Å². The number of nitrogen functional groups attached to an aromatic ring is 1. The highest BCUT2D eigenvalue weighted by Gasteiger charge is 2.00. The van der Waals surface area contributed by atoms with Gasteiger partial charge in [-0.1, -0.05) is 13.0 Å². The van der Waals surface area contributed by atoms with Crippen molar-refractivity contribution in [1.29, 1.82) is 0 Å². The number of aryl methyl sites for hydroxylation is 2. The highest BCUT2D eigenvalue weighted by Crippen LogP contribution is 2.20. The molecule has 0 spiro atoms. The lowest BCUT2D eigenvalue weighted by Gasteiger charge is -2.07. The first-order chi connectivity index (χ1) is 8.19. The van der Waals surface area contributed by atoms with Crippen LogP contribution in [0.15, 0.2) is 30.3 Å². The van der Waals surface area contributed by atoms with Crippen LogP contribution >= 0.6 is 11.3 Å². The topological polar surface area (TPSA) is 38.0 Å². The second kappa shape index (κ2) is 5.23. The van der Waals surface area contributed by atoms with Crippen LogP contribution in [0.1, 0.15) is 22.2 Å². The number of nitrogens with two attached hydrogens (primary N) is 1. The number of nitrogens with one attached hydrogen (secondary N) is 1. The largest absolute Gasteiger partial charge is 0.398 e. The lowest BCUT2D eigenvalue weighted by atomic mass is 10.2. The van der Waals surface area contributed by atoms with E-state index in [4.69, 9.17) is 5.73 Å². The number of benzene rings is 1. The number of hydrogen-bond acceptors (Lipinski definition) is 3. The van der Waals surface area contributed by atoms with Gasteiger partial charge in [0.2, 0.25) is 0 Å². The van der Waals surface area contributed by atoms with Gasteiger partial charge in [0.25, 0.3) is 0 Å². The minimum atomic E-state index is 0.843. The third kappa shape index (κ3) is 3.01. The summed E-state index contributed by atoms with van der Waals surface area (Å²) < 4.78 is 0. The van der Waals surface area contributed by atoms with Crippen molar-refractivity contribution in [2.45, 2.75) is 26.8 Å². The molecule has 3 heteroatoms. The molecule has 0 atom stereocenters. The molecule has 0 aliphatic carbocycles. The van der Waals surface area contributed by atoms with Gasteiger partial charge in [0.05, 0.1) is 0 Å². The normalized spacial score (nSPS) is 10.5. The van der Waals surface area contributed by atoms with Gasteiger partial charge in [0, 0.05) is 27.7 Å². The Morgan fingerprint density at radius 1 is 1.18 bits per heavy atom. The molecule has 2 rings (SSSR count). The Morgan fingerprint density at radius 2 is 1.94 bits per heavy atom. The van der Waals surface area contributed by atoms with Crippen LogP contribution in [0.2, 0.25) is 0 Å². The van der Waals surface area contributed by atoms with Crippen molar-refractivity contribution in [1.82, 2.24) is 0 Å². The molecule has 0 saturated carbocycles. The molecule has 0 bridgehead atoms. The Morgan fingerprint density at radius 3 is 2.59 bits per heavy atom. The summed E-state index contributed by atoms with van der Waals surface area (Å²) in [5.41, 5.74) is 8.93. The average molecular weight is 246 g/mol. The second-order valence-electron chi connectivity index (χ2n) is 4.15. The monoisotopic (exact) mass is 246 g/mol. The smallest absolute Gasteiger partial charge is 0.0494 e. The molecule has 0 amide bonds. The maximum absolute atomic E-state index is 5.88. The summed E-state index contributed by atoms with van der Waals surface area (Å²) in [6, 6.07) is 10.5. The van der Waals surface area contributed by atoms with Crippen molar-refractivity contribution in [2.75, 3.05) is 11.1 Å². The quantitative estimate of drug-likeness (QED) is 0.805. The van der Waals surface area contributed by atoms with Crippen LogP contribution < -0.4 is 11.1 Å². The molecule has 0 saturated heterocycles. The molecular formula is C14H18N2S. The van der Waals surface area contributed by atoms with Crippen LogP contribution in [-0.2, 0) is 13.0 Å². The molecular weight excluding hydrogens is 228 g/mol. The average Bonchev–Trinajstić information content (AvgIpc) is 2.79. The van der Waals surface area contributed by atoms with E-state index in [0.717, 1.165) is 29.9 Å². The minimum Gasteiger partial charge on any atom is -0.398 e. The molecule has 90 valence electrons. The third-order valence-corrected chi connectivity index (χ3v) is 4.04. The van der Waals surface area contributed by atoms with Gasteiger partial charge < -0.3 is 11.1 Å². The predicted octanol–water partition coefficient (Wildman–Crippen LogP) is 3.81. The molecule has 0 aliphatic rings. The Labute approximate surface area is 106 Å². The van der Waals surface area contributed by atoms with Gasteiger partial charge in [-0.05, 0) is 43.2 Å². The standard InChI is InChI=1S/C14H18N2S/c1-3-12-6-7-13(17-12)9-16-11-5-4-10(2)14(15)8-11/h4-8,16H,3,9,15H2,1-2H3. The highest BCUT2D eigenvalue weighted by atomic mass is 32.1. The van der Waals surface area contributed by atoms with E-state index >= 15 is 0 Å². The van der Waals surface area contributed by atoms with E-state index in [0.29, 0.717) is 0 Å². The Hall–Kier alpha value is -1.48. The summed E-state index contributed by atoms with van der Waals surface area (Å²) >= 11 is 1.87. The van der Waals surface area contributed by atoms with Crippen molar-refractivity contribution < 1.29 is 0 Å². The molecule has 1 aromatic heterocycles. The number of anilines is 2. The Balaban J connectivity index is 1.99. The van der Waals surface area contributed by atoms with Crippen LogP contribution in [-0.4, -0.2) is 0 Å². The SMILES string of the molecule is CCc1ccc(CNc2ccc(C)c(N)c2)s1. The third-order valence-electron chi connectivity index (χ3n) is 2.81. The molecule has 3 N–H and O–H groups in total. The first-order valence-corrected chi connectivity index (χ1v) is 6.68. The van der Waals surface area contributed by atoms with E-state index in [2.05, 4.69) is 30.4 Å². The van der Waals surface area contributed by atoms with E-state index in [1.54, 1.807) is 0 Å². The summed E-state index contributed by atoms with van der Waals surface area (Å²) in [4.78, 5) is 2.80. The van der Waals surface area contributed by atoms with Gasteiger partial charge in [0.1, 0.15) is 0 Å². The second-order valence-corrected chi connectivity index (χ2v) is 5.40. The summed E-state index contributed by atoms with van der Waals surface area (Å²) in [6.45, 7) is 5.07. The molecule has 0 fully saturated rings. The zero-order valence-electron chi connectivity index (χ0n) is 10.3. The summed E-state index contributed by atoms with van der Waals surface area (Å²) in [7, 11) is 0. The van der Waals surface area contributed by atoms with Crippen LogP contribution in [0.3, 0.4) is 0 Å². The van der Waals surface area contributed by atoms with Crippen LogP contribution in [0.25, 0.3) is 0 Å². The Kier molecular flexibility index (Phi) is 3.69. The van der Waals surface area contributed by atoms with Gasteiger partial charge in [-0.2, -0.15) is 0 Å². The molecule has 0 radical (unpaired) electrons. The maximum atomic E-state index is 5.88. The molecule has 1 aromatic carbocycles. The van der Waals surface area contributed by atoms with E-state index in [9.17, 15) is 0 Å². The maximum Gasteiger partial charge on any atom is 0.0494 e. The van der Waals surface area contributed by atoms with Crippen molar-refractivity contribution in [3.05, 3.63) is 45.6 Å². The molecule has 17 heavy (non-hydrogen) atoms. The van der Waals surface area contributed by atoms with Gasteiger partial charge >= 0.3 is 0 Å². The lowest BCUT2D eigenvalue weighted by molar-refractivity contribution is 1.19. The highest BCUT2D eigenvalue weighted by molar-refractivity contribution is 7.12. The molecule has 0 unspecified atom stereocenters. The van der Waals surface area contributed by atoms with Gasteiger partial charge in [-0.3, -0.25) is 0 Å². The van der Waals surface area contributed by atoms with E-state index < -0.39 is 0 Å². The summed E-state index contributed by atoms with van der Waals surface area (Å²) in [5, 5.41) is 3.40. The first-order valence-electron chi connectivity index (χ1n) is 5.86. The van der Waals surface area contributed by atoms with Gasteiger partial charge in [-0.25, -0.2) is 0 Å². The molecule has 2 aromatic rings. The summed E-state index contributed by atoms with van der Waals surface area (Å²) in [6.07, 6.45) is 1.11. The van der Waals surface area contributed by atoms with E-state index in [1.807, 2.05) is 30.4 Å². The van der Waals surface area contributed by atoms with Crippen molar-refractivity contribution >= 4 is 22.7 Å². The number of thiophene rings is 1. The van der Waals surface area contributed by atoms with Gasteiger partial charge in [-0.15, -0.1) is 11.3 Å². The molecule has 1 heterocycles. The van der Waals surface area contributed by atoms with Crippen molar-refractivity contribution in [3.63, 3.8) is 0 Å². The zero-order valence-corrected chi connectivity index (χ0v) is 11.1. The molecule has 0 aliphatic heterocycles. The van der Waals surface area contributed by atoms with E-state index in [-0.39, 0.29) is 0 Å². The van der Waals surface area contributed by atoms with Gasteiger partial charge in [0.15, 0.2) is 0 Å². The Bertz CT molecular complexity index is 503. The first kappa shape index (κ1) is 12.0. The predicted molar refractivity (Wildman–Crippen MR) is 76.6 cm³/mol. The zero-order chi connectivity index (χ0) is 12.3. The minimum absolute atomic E-state index is 0.843. The van der Waals surface area contributed by atoms with Crippen LogP contribution in [0.4, 0.5) is 11.4 Å². The molecule has 2 nitrogen and oxygen atoms in total. The number of rotatable bonds is 4. The van der Waals surface area contributed by atoms with Crippen molar-refractivity contribution in [2.24, 2.45) is 0 Å². The lowest BCUT2D eigenvalue weighted by Crippen LogP contribution is -1.99. The number of hydrogen-bond donors (Lipinski definition) is 2. The fourth-order valence-electron chi connectivity index (χ4n) is 1.65.